The molecule has 600 valence electrons. The lowest BCUT2D eigenvalue weighted by atomic mass is 10.0. The molecule has 0 saturated carbocycles. The van der Waals surface area contributed by atoms with Crippen molar-refractivity contribution in [1.29, 1.82) is 0 Å². The van der Waals surface area contributed by atoms with Gasteiger partial charge in [-0.15, -0.1) is 0 Å². The van der Waals surface area contributed by atoms with Gasteiger partial charge in [-0.05, 0) is 25.7 Å². The van der Waals surface area contributed by atoms with Crippen LogP contribution in [-0.2, 0) is 65.4 Å². The molecule has 0 spiro atoms. The van der Waals surface area contributed by atoms with Gasteiger partial charge in [0.05, 0.1) is 26.4 Å². The molecule has 3 N–H and O–H groups in total. The summed E-state index contributed by atoms with van der Waals surface area (Å²) in [5.74, 6) is -2.11. The first-order valence-corrected chi connectivity index (χ1v) is 45.8. The molecule has 0 bridgehead atoms. The number of phosphoric ester groups is 2. The lowest BCUT2D eigenvalue weighted by Crippen LogP contribution is -2.30. The summed E-state index contributed by atoms with van der Waals surface area (Å²) in [5.41, 5.74) is 0. The van der Waals surface area contributed by atoms with Crippen LogP contribution >= 0.6 is 15.6 Å². The molecule has 17 nitrogen and oxygen atoms in total. The second-order valence-electron chi connectivity index (χ2n) is 29.5. The van der Waals surface area contributed by atoms with Gasteiger partial charge < -0.3 is 33.8 Å². The van der Waals surface area contributed by atoms with Gasteiger partial charge in [-0.3, -0.25) is 37.3 Å². The van der Waals surface area contributed by atoms with E-state index in [4.69, 9.17) is 37.0 Å². The van der Waals surface area contributed by atoms with Crippen LogP contribution in [0.1, 0.15) is 445 Å². The molecule has 0 saturated heterocycles. The molecule has 0 aromatic carbocycles. The summed E-state index contributed by atoms with van der Waals surface area (Å²) < 4.78 is 68.7. The number of phosphoric acid groups is 2. The number of carbonyl (C=O) groups is 4. The van der Waals surface area contributed by atoms with E-state index in [0.717, 1.165) is 89.9 Å². The van der Waals surface area contributed by atoms with Crippen molar-refractivity contribution in [2.75, 3.05) is 39.6 Å². The number of hydrogen-bond acceptors (Lipinski definition) is 15. The Balaban J connectivity index is 5.18. The summed E-state index contributed by atoms with van der Waals surface area (Å²) >= 11 is 0. The Hall–Kier alpha value is -1.94. The zero-order valence-corrected chi connectivity index (χ0v) is 67.7. The summed E-state index contributed by atoms with van der Waals surface area (Å²) in [5, 5.41) is 10.6. The Kier molecular flexibility index (Phi) is 74.8. The summed E-state index contributed by atoms with van der Waals surface area (Å²) in [7, 11) is -9.91. The maximum Gasteiger partial charge on any atom is 0.472 e. The molecule has 0 rings (SSSR count). The van der Waals surface area contributed by atoms with Gasteiger partial charge in [0, 0.05) is 25.7 Å². The van der Waals surface area contributed by atoms with Crippen LogP contribution in [0.2, 0.25) is 0 Å². The Morgan fingerprint density at radius 1 is 0.238 bits per heavy atom. The molecule has 101 heavy (non-hydrogen) atoms. The van der Waals surface area contributed by atoms with Crippen molar-refractivity contribution in [2.24, 2.45) is 0 Å². The van der Waals surface area contributed by atoms with Crippen molar-refractivity contribution in [3.63, 3.8) is 0 Å². The van der Waals surface area contributed by atoms with E-state index in [1.165, 1.54) is 276 Å². The highest BCUT2D eigenvalue weighted by atomic mass is 31.2. The van der Waals surface area contributed by atoms with Crippen molar-refractivity contribution >= 4 is 39.5 Å². The minimum Gasteiger partial charge on any atom is -0.462 e. The lowest BCUT2D eigenvalue weighted by Gasteiger charge is -2.21. The van der Waals surface area contributed by atoms with Crippen LogP contribution in [0.25, 0.3) is 0 Å². The molecule has 19 heteroatoms. The molecule has 0 aromatic heterocycles. The molecule has 5 atom stereocenters. The van der Waals surface area contributed by atoms with Gasteiger partial charge in [0.1, 0.15) is 19.3 Å². The van der Waals surface area contributed by atoms with Gasteiger partial charge in [0.25, 0.3) is 0 Å². The van der Waals surface area contributed by atoms with Gasteiger partial charge in [-0.1, -0.05) is 394 Å². The third-order valence-electron chi connectivity index (χ3n) is 19.4. The average Bonchev–Trinajstić information content (AvgIpc) is 0.975. The largest absolute Gasteiger partial charge is 0.472 e. The van der Waals surface area contributed by atoms with Crippen LogP contribution < -0.4 is 0 Å². The lowest BCUT2D eigenvalue weighted by molar-refractivity contribution is -0.161. The topological polar surface area (TPSA) is 237 Å². The monoisotopic (exact) mass is 1480 g/mol. The smallest absolute Gasteiger partial charge is 0.462 e. The number of carbonyl (C=O) groups excluding carboxylic acids is 4. The molecule has 2 unspecified atom stereocenters. The summed E-state index contributed by atoms with van der Waals surface area (Å²) in [4.78, 5) is 73.0. The summed E-state index contributed by atoms with van der Waals surface area (Å²) in [6.45, 7) is 5.01. The molecular weight excluding hydrogens is 1320 g/mol. The molecule has 0 amide bonds. The number of hydrogen-bond donors (Lipinski definition) is 3. The van der Waals surface area contributed by atoms with Crippen LogP contribution in [0, 0.1) is 0 Å². The number of aliphatic hydroxyl groups is 1. The zero-order chi connectivity index (χ0) is 73.9. The molecule has 0 radical (unpaired) electrons. The summed E-state index contributed by atoms with van der Waals surface area (Å²) in [6, 6.07) is 0. The Bertz CT molecular complexity index is 1910. The molecule has 0 aliphatic rings. The number of ether oxygens (including phenoxy) is 4. The van der Waals surface area contributed by atoms with E-state index in [-0.39, 0.29) is 25.7 Å². The van der Waals surface area contributed by atoms with E-state index in [1.54, 1.807) is 0 Å². The van der Waals surface area contributed by atoms with Gasteiger partial charge in [-0.25, -0.2) is 9.13 Å². The quantitative estimate of drug-likeness (QED) is 0.0222. The first-order valence-electron chi connectivity index (χ1n) is 42.8. The number of esters is 4. The first kappa shape index (κ1) is 99.1. The molecule has 0 aliphatic carbocycles. The molecular formula is C82H160O17P2. The highest BCUT2D eigenvalue weighted by Crippen LogP contribution is 2.45. The fourth-order valence-electron chi connectivity index (χ4n) is 12.8. The van der Waals surface area contributed by atoms with E-state index in [0.29, 0.717) is 25.7 Å². The van der Waals surface area contributed by atoms with Gasteiger partial charge in [0.15, 0.2) is 12.2 Å². The standard InChI is InChI=1S/C82H160O17P2/c1-5-9-13-17-21-25-28-31-34-36-38-39-40-42-44-47-50-53-57-61-65-69-82(87)99-78(73-93-80(85)67-63-59-55-51-48-46-43-41-37-35-32-29-26-22-18-14-10-6-2)75-97-101(90,91)95-71-76(83)70-94-100(88,89)96-74-77(72-92-79(84)66-62-58-54-24-20-16-12-8-4)98-81(86)68-64-60-56-52-49-45-33-30-27-23-19-15-11-7-3/h76-78,83H,5-75H2,1-4H3,(H,88,89)(H,90,91)/t76-,77+,78+/m0/s1. The van der Waals surface area contributed by atoms with Crippen molar-refractivity contribution < 1.29 is 80.2 Å². The van der Waals surface area contributed by atoms with Crippen LogP contribution in [0.3, 0.4) is 0 Å². The van der Waals surface area contributed by atoms with Crippen molar-refractivity contribution in [2.45, 2.75) is 463 Å². The van der Waals surface area contributed by atoms with Crippen molar-refractivity contribution in [1.82, 2.24) is 0 Å². The first-order chi connectivity index (χ1) is 49.2. The van der Waals surface area contributed by atoms with E-state index >= 15 is 0 Å². The molecule has 0 fully saturated rings. The third kappa shape index (κ3) is 76.1. The highest BCUT2D eigenvalue weighted by molar-refractivity contribution is 7.47. The van der Waals surface area contributed by atoms with Crippen molar-refractivity contribution in [3.05, 3.63) is 0 Å². The fourth-order valence-corrected chi connectivity index (χ4v) is 14.4. The Morgan fingerprint density at radius 2 is 0.396 bits per heavy atom. The molecule has 0 aromatic rings. The fraction of sp³-hybridized carbons (Fsp3) is 0.951. The maximum absolute atomic E-state index is 13.1. The normalized spacial score (nSPS) is 13.8. The number of rotatable bonds is 83. The third-order valence-corrected chi connectivity index (χ3v) is 21.3. The number of aliphatic hydroxyl groups excluding tert-OH is 1. The average molecular weight is 1480 g/mol. The predicted octanol–water partition coefficient (Wildman–Crippen LogP) is 25.0. The second kappa shape index (κ2) is 76.3. The number of unbranched alkanes of at least 4 members (excludes halogenated alkanes) is 57. The van der Waals surface area contributed by atoms with Crippen molar-refractivity contribution in [3.8, 4) is 0 Å². The maximum atomic E-state index is 13.1. The van der Waals surface area contributed by atoms with Crippen LogP contribution in [0.15, 0.2) is 0 Å². The Morgan fingerprint density at radius 3 is 0.584 bits per heavy atom. The molecule has 0 aliphatic heterocycles. The second-order valence-corrected chi connectivity index (χ2v) is 32.4. The van der Waals surface area contributed by atoms with E-state index in [1.807, 2.05) is 0 Å². The molecule has 0 heterocycles. The minimum absolute atomic E-state index is 0.108. The van der Waals surface area contributed by atoms with Gasteiger partial charge in [0.2, 0.25) is 0 Å². The SMILES string of the molecule is CCCCCCCCCCCCCCCCCCCCCCCC(=O)O[C@H](COC(=O)CCCCCCCCCCCCCCCCCCCC)COP(=O)(O)OC[C@@H](O)COP(=O)(O)OC[C@@H](COC(=O)CCCCCCCCCC)OC(=O)CCCCCCCCCCCCCCCC. The van der Waals surface area contributed by atoms with Crippen LogP contribution in [0.4, 0.5) is 0 Å². The van der Waals surface area contributed by atoms with Gasteiger partial charge in [-0.2, -0.15) is 0 Å². The highest BCUT2D eigenvalue weighted by Gasteiger charge is 2.30. The van der Waals surface area contributed by atoms with E-state index in [9.17, 15) is 43.2 Å². The van der Waals surface area contributed by atoms with E-state index in [2.05, 4.69) is 27.7 Å². The van der Waals surface area contributed by atoms with E-state index < -0.39 is 97.5 Å². The van der Waals surface area contributed by atoms with Crippen LogP contribution in [0.5, 0.6) is 0 Å². The Labute approximate surface area is 619 Å². The zero-order valence-electron chi connectivity index (χ0n) is 65.9. The minimum atomic E-state index is -4.96. The van der Waals surface area contributed by atoms with Gasteiger partial charge >= 0.3 is 39.5 Å². The summed E-state index contributed by atoms with van der Waals surface area (Å²) in [6.07, 6.45) is 69.5. The predicted molar refractivity (Wildman–Crippen MR) is 414 cm³/mol. The van der Waals surface area contributed by atoms with Crippen LogP contribution in [-0.4, -0.2) is 96.7 Å².